The lowest BCUT2D eigenvalue weighted by Crippen LogP contribution is -2.67. The van der Waals surface area contributed by atoms with E-state index < -0.39 is 23.6 Å². The number of carboxylic acids is 1. The van der Waals surface area contributed by atoms with E-state index in [1.807, 2.05) is 11.8 Å². The van der Waals surface area contributed by atoms with Gasteiger partial charge >= 0.3 is 12.3 Å². The summed E-state index contributed by atoms with van der Waals surface area (Å²) in [6, 6.07) is 5.06. The predicted molar refractivity (Wildman–Crippen MR) is 131 cm³/mol. The van der Waals surface area contributed by atoms with Crippen molar-refractivity contribution in [2.24, 2.45) is 5.92 Å². The number of aliphatic carboxylic acids is 1. The maximum atomic E-state index is 14.8. The molecule has 206 valence electrons. The van der Waals surface area contributed by atoms with Crippen molar-refractivity contribution in [2.75, 3.05) is 6.54 Å². The molecular formula is C28H32F4N2O4. The van der Waals surface area contributed by atoms with Crippen molar-refractivity contribution in [3.63, 3.8) is 0 Å². The van der Waals surface area contributed by atoms with Crippen LogP contribution >= 0.6 is 0 Å². The molecule has 1 heterocycles. The highest BCUT2D eigenvalue weighted by Crippen LogP contribution is 2.53. The topological polar surface area (TPSA) is 70.1 Å². The molecule has 10 heteroatoms. The van der Waals surface area contributed by atoms with Crippen LogP contribution in [-0.4, -0.2) is 63.4 Å². The normalized spacial score (nSPS) is 28.9. The highest BCUT2D eigenvalue weighted by atomic mass is 19.4. The van der Waals surface area contributed by atoms with Gasteiger partial charge in [0.25, 0.3) is 5.91 Å². The molecule has 3 aliphatic carbocycles. The standard InChI is InChI=1S/C28H32F4N2O4/c1-27-14-13-18(29)16-22(27)25(33(19-9-10-19)15-3-6-24(35)36)21-4-2-5-23(21)34(27)26(37)17-7-11-20(12-8-17)38-28(30,31)32/h7-8,11-13,16,19,21,23,25H,2-6,9-10,14-15H2,1H3,(H,35,36)/t21-,23+,25-,27?/m1/s1. The van der Waals surface area contributed by atoms with Crippen LogP contribution in [0, 0.1) is 5.92 Å². The van der Waals surface area contributed by atoms with Gasteiger partial charge in [0.1, 0.15) is 11.6 Å². The van der Waals surface area contributed by atoms with Crippen LogP contribution in [0.25, 0.3) is 0 Å². The van der Waals surface area contributed by atoms with Crippen molar-refractivity contribution in [1.82, 2.24) is 9.80 Å². The summed E-state index contributed by atoms with van der Waals surface area (Å²) in [5.41, 5.74) is 0.261. The van der Waals surface area contributed by atoms with E-state index in [2.05, 4.69) is 9.64 Å². The van der Waals surface area contributed by atoms with Crippen LogP contribution in [0.4, 0.5) is 17.6 Å². The molecule has 1 saturated heterocycles. The number of piperidine rings is 1. The molecule has 1 unspecified atom stereocenters. The predicted octanol–water partition coefficient (Wildman–Crippen LogP) is 5.85. The van der Waals surface area contributed by atoms with Crippen LogP contribution in [0.3, 0.4) is 0 Å². The highest BCUT2D eigenvalue weighted by Gasteiger charge is 2.58. The molecule has 38 heavy (non-hydrogen) atoms. The lowest BCUT2D eigenvalue weighted by molar-refractivity contribution is -0.274. The number of hydrogen-bond acceptors (Lipinski definition) is 4. The van der Waals surface area contributed by atoms with Gasteiger partial charge in [0, 0.05) is 30.1 Å². The molecule has 6 nitrogen and oxygen atoms in total. The lowest BCUT2D eigenvalue weighted by Gasteiger charge is -2.58. The highest BCUT2D eigenvalue weighted by molar-refractivity contribution is 5.95. The smallest absolute Gasteiger partial charge is 0.481 e. The first-order chi connectivity index (χ1) is 18.0. The van der Waals surface area contributed by atoms with Gasteiger partial charge in [-0.1, -0.05) is 6.42 Å². The third kappa shape index (κ3) is 5.19. The van der Waals surface area contributed by atoms with E-state index in [0.29, 0.717) is 25.4 Å². The van der Waals surface area contributed by atoms with Crippen LogP contribution in [0.15, 0.2) is 47.8 Å². The summed E-state index contributed by atoms with van der Waals surface area (Å²) in [4.78, 5) is 29.4. The molecule has 0 aromatic heterocycles. The van der Waals surface area contributed by atoms with E-state index in [1.54, 1.807) is 6.08 Å². The fourth-order valence-electron chi connectivity index (χ4n) is 6.78. The largest absolute Gasteiger partial charge is 0.573 e. The van der Waals surface area contributed by atoms with Crippen LogP contribution < -0.4 is 4.74 Å². The van der Waals surface area contributed by atoms with E-state index in [9.17, 15) is 32.3 Å². The quantitative estimate of drug-likeness (QED) is 0.422. The lowest BCUT2D eigenvalue weighted by atomic mass is 9.68. The molecule has 1 aromatic carbocycles. The first-order valence-electron chi connectivity index (χ1n) is 13.2. The van der Waals surface area contributed by atoms with Crippen molar-refractivity contribution in [1.29, 1.82) is 0 Å². The summed E-state index contributed by atoms with van der Waals surface area (Å²) in [7, 11) is 0. The number of halogens is 4. The van der Waals surface area contributed by atoms with Crippen molar-refractivity contribution < 1.29 is 37.0 Å². The van der Waals surface area contributed by atoms with Gasteiger partial charge in [0.05, 0.1) is 5.54 Å². The summed E-state index contributed by atoms with van der Waals surface area (Å²) in [5, 5.41) is 9.19. The van der Waals surface area contributed by atoms with Gasteiger partial charge in [-0.3, -0.25) is 14.5 Å². The summed E-state index contributed by atoms with van der Waals surface area (Å²) in [6.07, 6.45) is 3.64. The second kappa shape index (κ2) is 10.0. The number of hydrogen-bond donors (Lipinski definition) is 1. The molecule has 4 atom stereocenters. The SMILES string of the molecule is CC12CC=C(F)C=C1[C@H](N(CCCC(=O)O)C1CC1)[C@@H]1CCC[C@@H]1N2C(=O)c1ccc(OC(F)(F)F)cc1. The molecule has 4 aliphatic rings. The molecule has 1 aromatic rings. The van der Waals surface area contributed by atoms with Gasteiger partial charge in [-0.25, -0.2) is 4.39 Å². The molecule has 1 N–H and O–H groups in total. The zero-order valence-corrected chi connectivity index (χ0v) is 21.2. The third-order valence-corrected chi connectivity index (χ3v) is 8.46. The summed E-state index contributed by atoms with van der Waals surface area (Å²) in [6.45, 7) is 2.54. The van der Waals surface area contributed by atoms with Crippen LogP contribution in [0.1, 0.15) is 68.6 Å². The fourth-order valence-corrected chi connectivity index (χ4v) is 6.78. The number of nitrogens with zero attached hydrogens (tertiary/aromatic N) is 2. The van der Waals surface area contributed by atoms with Gasteiger partial charge in [-0.05, 0) is 99.9 Å². The first-order valence-corrected chi connectivity index (χ1v) is 13.2. The number of likely N-dealkylation sites (tertiary alicyclic amines) is 1. The van der Waals surface area contributed by atoms with Gasteiger partial charge in [-0.2, -0.15) is 0 Å². The Morgan fingerprint density at radius 1 is 1.16 bits per heavy atom. The zero-order valence-electron chi connectivity index (χ0n) is 21.2. The molecule has 1 amide bonds. The number of carboxylic acid groups (broad SMARTS) is 1. The summed E-state index contributed by atoms with van der Waals surface area (Å²) < 4.78 is 56.6. The van der Waals surface area contributed by atoms with Crippen molar-refractivity contribution in [2.45, 2.75) is 88.3 Å². The number of carbonyl (C=O) groups excluding carboxylic acids is 1. The van der Waals surface area contributed by atoms with E-state index in [4.69, 9.17) is 0 Å². The maximum absolute atomic E-state index is 14.8. The fraction of sp³-hybridized carbons (Fsp3) is 0.571. The third-order valence-electron chi connectivity index (χ3n) is 8.46. The molecular weight excluding hydrogens is 504 g/mol. The Bertz CT molecular complexity index is 1140. The van der Waals surface area contributed by atoms with Gasteiger partial charge in [0.15, 0.2) is 0 Å². The van der Waals surface area contributed by atoms with Gasteiger partial charge in [0.2, 0.25) is 0 Å². The molecule has 0 radical (unpaired) electrons. The minimum atomic E-state index is -4.83. The van der Waals surface area contributed by atoms with E-state index >= 15 is 0 Å². The van der Waals surface area contributed by atoms with E-state index in [1.165, 1.54) is 18.2 Å². The Morgan fingerprint density at radius 3 is 2.50 bits per heavy atom. The second-order valence-corrected chi connectivity index (χ2v) is 11.0. The van der Waals surface area contributed by atoms with Crippen molar-refractivity contribution in [3.8, 4) is 5.75 Å². The van der Waals surface area contributed by atoms with Crippen LogP contribution in [0.2, 0.25) is 0 Å². The minimum Gasteiger partial charge on any atom is -0.481 e. The Kier molecular flexibility index (Phi) is 7.04. The number of benzene rings is 1. The Balaban J connectivity index is 1.49. The number of ether oxygens (including phenoxy) is 1. The number of carbonyl (C=O) groups is 2. The summed E-state index contributed by atoms with van der Waals surface area (Å²) >= 11 is 0. The Hall–Kier alpha value is -2.88. The number of amides is 1. The van der Waals surface area contributed by atoms with Gasteiger partial charge < -0.3 is 14.7 Å². The zero-order chi connectivity index (χ0) is 27.2. The van der Waals surface area contributed by atoms with E-state index in [0.717, 1.165) is 49.8 Å². The molecule has 0 spiro atoms. The molecule has 5 rings (SSSR count). The minimum absolute atomic E-state index is 0.0578. The van der Waals surface area contributed by atoms with Crippen molar-refractivity contribution in [3.05, 3.63) is 53.4 Å². The average molecular weight is 537 g/mol. The van der Waals surface area contributed by atoms with Crippen LogP contribution in [0.5, 0.6) is 5.75 Å². The Morgan fingerprint density at radius 2 is 1.87 bits per heavy atom. The molecule has 3 fully saturated rings. The number of fused-ring (bicyclic) bond motifs is 2. The molecule has 2 saturated carbocycles. The first kappa shape index (κ1) is 26.7. The molecule has 0 bridgehead atoms. The van der Waals surface area contributed by atoms with Crippen molar-refractivity contribution >= 4 is 11.9 Å². The summed E-state index contributed by atoms with van der Waals surface area (Å²) in [5.74, 6) is -1.83. The molecule has 1 aliphatic heterocycles. The number of rotatable bonds is 8. The maximum Gasteiger partial charge on any atom is 0.573 e. The second-order valence-electron chi connectivity index (χ2n) is 11.0. The average Bonchev–Trinajstić information content (AvgIpc) is 3.57. The number of allylic oxidation sites excluding steroid dienone is 2. The number of alkyl halides is 3. The van der Waals surface area contributed by atoms with E-state index in [-0.39, 0.29) is 41.7 Å². The monoisotopic (exact) mass is 536 g/mol. The van der Waals surface area contributed by atoms with Gasteiger partial charge in [-0.15, -0.1) is 13.2 Å². The van der Waals surface area contributed by atoms with Crippen LogP contribution in [-0.2, 0) is 4.79 Å². The Labute approximate surface area is 218 Å².